The lowest BCUT2D eigenvalue weighted by molar-refractivity contribution is -0.926. The van der Waals surface area contributed by atoms with E-state index in [-0.39, 0.29) is 12.2 Å². The Morgan fingerprint density at radius 2 is 1.58 bits per heavy atom. The van der Waals surface area contributed by atoms with Gasteiger partial charge in [-0.15, -0.1) is 0 Å². The predicted octanol–water partition coefficient (Wildman–Crippen LogP) is 3.35. The molecule has 1 saturated heterocycles. The van der Waals surface area contributed by atoms with Crippen molar-refractivity contribution in [2.45, 2.75) is 32.2 Å². The number of benzene rings is 2. The van der Waals surface area contributed by atoms with E-state index in [0.717, 1.165) is 28.9 Å². The highest BCUT2D eigenvalue weighted by Gasteiger charge is 2.35. The lowest BCUT2D eigenvalue weighted by Crippen LogP contribution is -2.60. The van der Waals surface area contributed by atoms with E-state index in [4.69, 9.17) is 9.47 Å². The monoisotopic (exact) mass is 356 g/mol. The standard InChI is InChI=1S/C22H30NO3/c1-17-13-23(3,14-18(2)26-17)15-21(24)16-25-22-11-9-20(10-12-22)19-7-5-4-6-8-19/h4-12,17-18,21,24H,13-16H2,1-3H3/q+1. The SMILES string of the molecule is CC1C[N+](C)(CC(O)COc2ccc(-c3ccccc3)cc2)CC(C)O1. The third-order valence-electron chi connectivity index (χ3n) is 4.92. The Morgan fingerprint density at radius 1 is 1.00 bits per heavy atom. The summed E-state index contributed by atoms with van der Waals surface area (Å²) in [6, 6.07) is 18.3. The van der Waals surface area contributed by atoms with Gasteiger partial charge in [-0.25, -0.2) is 0 Å². The molecule has 0 spiro atoms. The summed E-state index contributed by atoms with van der Waals surface area (Å²) in [6.45, 7) is 7.04. The summed E-state index contributed by atoms with van der Waals surface area (Å²) in [4.78, 5) is 0. The summed E-state index contributed by atoms with van der Waals surface area (Å²) in [5.74, 6) is 0.787. The minimum absolute atomic E-state index is 0.224. The number of nitrogens with zero attached hydrogens (tertiary/aromatic N) is 1. The average Bonchev–Trinajstić information content (AvgIpc) is 2.59. The average molecular weight is 356 g/mol. The van der Waals surface area contributed by atoms with Crippen molar-refractivity contribution in [2.24, 2.45) is 0 Å². The van der Waals surface area contributed by atoms with Crippen LogP contribution in [0.3, 0.4) is 0 Å². The van der Waals surface area contributed by atoms with Crippen molar-refractivity contribution < 1.29 is 19.1 Å². The molecule has 3 unspecified atom stereocenters. The van der Waals surface area contributed by atoms with Crippen molar-refractivity contribution in [1.29, 1.82) is 0 Å². The summed E-state index contributed by atoms with van der Waals surface area (Å²) < 4.78 is 12.4. The lowest BCUT2D eigenvalue weighted by atomic mass is 10.1. The molecule has 2 aromatic rings. The van der Waals surface area contributed by atoms with Crippen molar-refractivity contribution in [3.05, 3.63) is 54.6 Å². The van der Waals surface area contributed by atoms with Gasteiger partial charge >= 0.3 is 0 Å². The largest absolute Gasteiger partial charge is 0.491 e. The van der Waals surface area contributed by atoms with Gasteiger partial charge in [0, 0.05) is 0 Å². The molecule has 0 aliphatic carbocycles. The molecule has 0 aromatic heterocycles. The van der Waals surface area contributed by atoms with Crippen LogP contribution in [0.5, 0.6) is 5.75 Å². The molecule has 4 heteroatoms. The molecule has 1 heterocycles. The van der Waals surface area contributed by atoms with E-state index in [1.807, 2.05) is 30.3 Å². The van der Waals surface area contributed by atoms with Crippen molar-refractivity contribution in [2.75, 3.05) is 33.3 Å². The first-order valence-electron chi connectivity index (χ1n) is 9.39. The molecule has 3 atom stereocenters. The normalized spacial score (nSPS) is 27.1. The molecule has 26 heavy (non-hydrogen) atoms. The molecule has 0 saturated carbocycles. The maximum atomic E-state index is 10.5. The van der Waals surface area contributed by atoms with Crippen molar-refractivity contribution in [3.8, 4) is 16.9 Å². The maximum absolute atomic E-state index is 10.5. The van der Waals surface area contributed by atoms with Crippen molar-refractivity contribution in [3.63, 3.8) is 0 Å². The molecule has 140 valence electrons. The number of hydrogen-bond acceptors (Lipinski definition) is 3. The number of aliphatic hydroxyl groups is 1. The first-order valence-corrected chi connectivity index (χ1v) is 9.39. The van der Waals surface area contributed by atoms with E-state index in [9.17, 15) is 5.11 Å². The molecule has 1 aliphatic heterocycles. The van der Waals surface area contributed by atoms with Crippen LogP contribution in [-0.4, -0.2) is 61.2 Å². The number of quaternary nitrogens is 1. The van der Waals surface area contributed by atoms with Gasteiger partial charge in [0.1, 0.15) is 50.3 Å². The van der Waals surface area contributed by atoms with Crippen LogP contribution in [0.15, 0.2) is 54.6 Å². The van der Waals surface area contributed by atoms with Gasteiger partial charge in [0.15, 0.2) is 0 Å². The molecule has 2 aromatic carbocycles. The van der Waals surface area contributed by atoms with E-state index in [1.54, 1.807) is 0 Å². The van der Waals surface area contributed by atoms with Crippen LogP contribution in [0.25, 0.3) is 11.1 Å². The summed E-state index contributed by atoms with van der Waals surface area (Å²) in [5.41, 5.74) is 2.35. The first kappa shape index (κ1) is 18.9. The zero-order valence-corrected chi connectivity index (χ0v) is 16.0. The second kappa shape index (κ2) is 8.21. The fourth-order valence-corrected chi connectivity index (χ4v) is 4.08. The second-order valence-electron chi connectivity index (χ2n) is 7.78. The highest BCUT2D eigenvalue weighted by molar-refractivity contribution is 5.63. The molecule has 3 rings (SSSR count). The summed E-state index contributed by atoms with van der Waals surface area (Å²) >= 11 is 0. The first-order chi connectivity index (χ1) is 12.4. The Kier molecular flexibility index (Phi) is 5.97. The Bertz CT molecular complexity index is 676. The van der Waals surface area contributed by atoms with Crippen LogP contribution in [0, 0.1) is 0 Å². The van der Waals surface area contributed by atoms with Gasteiger partial charge in [0.2, 0.25) is 0 Å². The number of rotatable bonds is 6. The van der Waals surface area contributed by atoms with Crippen LogP contribution in [-0.2, 0) is 4.74 Å². The van der Waals surface area contributed by atoms with E-state index < -0.39 is 6.10 Å². The minimum Gasteiger partial charge on any atom is -0.491 e. The molecule has 0 amide bonds. The van der Waals surface area contributed by atoms with Crippen molar-refractivity contribution >= 4 is 0 Å². The molecular weight excluding hydrogens is 326 g/mol. The van der Waals surface area contributed by atoms with E-state index in [2.05, 4.69) is 45.2 Å². The van der Waals surface area contributed by atoms with Gasteiger partial charge in [-0.1, -0.05) is 42.5 Å². The van der Waals surface area contributed by atoms with Gasteiger partial charge in [0.05, 0.1) is 7.05 Å². The van der Waals surface area contributed by atoms with Gasteiger partial charge in [-0.05, 0) is 37.1 Å². The Balaban J connectivity index is 1.52. The molecule has 4 nitrogen and oxygen atoms in total. The Morgan fingerprint density at radius 3 is 2.19 bits per heavy atom. The Labute approximate surface area is 156 Å². The summed E-state index contributed by atoms with van der Waals surface area (Å²) in [6.07, 6.45) is -0.0453. The molecule has 1 N–H and O–H groups in total. The third-order valence-corrected chi connectivity index (χ3v) is 4.92. The summed E-state index contributed by atoms with van der Waals surface area (Å²) in [5, 5.41) is 10.5. The lowest BCUT2D eigenvalue weighted by Gasteiger charge is -2.43. The van der Waals surface area contributed by atoms with E-state index in [1.165, 1.54) is 5.56 Å². The number of hydrogen-bond donors (Lipinski definition) is 1. The summed E-state index contributed by atoms with van der Waals surface area (Å²) in [7, 11) is 2.19. The number of ether oxygens (including phenoxy) is 2. The number of aliphatic hydroxyl groups excluding tert-OH is 1. The number of morpholine rings is 1. The Hall–Kier alpha value is -1.88. The van der Waals surface area contributed by atoms with Gasteiger partial charge in [0.25, 0.3) is 0 Å². The fraction of sp³-hybridized carbons (Fsp3) is 0.455. The zero-order chi connectivity index (χ0) is 18.6. The zero-order valence-electron chi connectivity index (χ0n) is 16.0. The van der Waals surface area contributed by atoms with Gasteiger partial charge in [-0.3, -0.25) is 0 Å². The smallest absolute Gasteiger partial charge is 0.137 e. The van der Waals surface area contributed by atoms with Crippen LogP contribution in [0.4, 0.5) is 0 Å². The fourth-order valence-electron chi connectivity index (χ4n) is 4.08. The number of likely N-dealkylation sites (N-methyl/N-ethyl adjacent to an activating group) is 1. The van der Waals surface area contributed by atoms with Gasteiger partial charge in [-0.2, -0.15) is 0 Å². The highest BCUT2D eigenvalue weighted by atomic mass is 16.5. The van der Waals surface area contributed by atoms with Crippen LogP contribution < -0.4 is 4.74 Å². The quantitative estimate of drug-likeness (QED) is 0.807. The van der Waals surface area contributed by atoms with Crippen LogP contribution in [0.2, 0.25) is 0 Å². The highest BCUT2D eigenvalue weighted by Crippen LogP contribution is 2.22. The maximum Gasteiger partial charge on any atom is 0.137 e. The third kappa shape index (κ3) is 5.07. The molecular formula is C22H30NO3+. The van der Waals surface area contributed by atoms with Crippen LogP contribution in [0.1, 0.15) is 13.8 Å². The molecule has 0 radical (unpaired) electrons. The van der Waals surface area contributed by atoms with Crippen LogP contribution >= 0.6 is 0 Å². The minimum atomic E-state index is -0.494. The second-order valence-corrected chi connectivity index (χ2v) is 7.78. The molecule has 0 bridgehead atoms. The van der Waals surface area contributed by atoms with Crippen molar-refractivity contribution in [1.82, 2.24) is 0 Å². The molecule has 1 fully saturated rings. The topological polar surface area (TPSA) is 38.7 Å². The van der Waals surface area contributed by atoms with E-state index in [0.29, 0.717) is 13.2 Å². The molecule has 1 aliphatic rings. The van der Waals surface area contributed by atoms with Gasteiger partial charge < -0.3 is 19.1 Å². The predicted molar refractivity (Wildman–Crippen MR) is 104 cm³/mol. The van der Waals surface area contributed by atoms with E-state index >= 15 is 0 Å².